The molecule has 3 rings (SSSR count). The van der Waals surface area contributed by atoms with E-state index in [9.17, 15) is 13.2 Å². The van der Waals surface area contributed by atoms with Crippen LogP contribution in [0.4, 0.5) is 0 Å². The van der Waals surface area contributed by atoms with Crippen LogP contribution >= 0.6 is 0 Å². The van der Waals surface area contributed by atoms with Gasteiger partial charge in [-0.3, -0.25) is 4.79 Å². The lowest BCUT2D eigenvalue weighted by Crippen LogP contribution is -2.35. The molecule has 160 valence electrons. The maximum atomic E-state index is 13.1. The van der Waals surface area contributed by atoms with Gasteiger partial charge in [0.25, 0.3) is 0 Å². The van der Waals surface area contributed by atoms with Crippen molar-refractivity contribution in [2.45, 2.75) is 68.7 Å². The third-order valence-electron chi connectivity index (χ3n) is 5.75. The highest BCUT2D eigenvalue weighted by Gasteiger charge is 2.29. The van der Waals surface area contributed by atoms with E-state index < -0.39 is 10.0 Å². The summed E-state index contributed by atoms with van der Waals surface area (Å²) < 4.78 is 33.0. The molecule has 0 unspecified atom stereocenters. The van der Waals surface area contributed by atoms with Gasteiger partial charge in [-0.05, 0) is 49.5 Å². The molecular weight excluding hydrogens is 388 g/mol. The number of hydrogen-bond acceptors (Lipinski definition) is 4. The van der Waals surface area contributed by atoms with Crippen molar-refractivity contribution in [3.8, 4) is 5.75 Å². The Morgan fingerprint density at radius 3 is 2.38 bits per heavy atom. The minimum atomic E-state index is -3.62. The van der Waals surface area contributed by atoms with Crippen molar-refractivity contribution in [2.75, 3.05) is 20.2 Å². The zero-order valence-electron chi connectivity index (χ0n) is 17.2. The van der Waals surface area contributed by atoms with Crippen LogP contribution in [0.1, 0.15) is 63.4 Å². The van der Waals surface area contributed by atoms with Crippen LogP contribution in [0, 0.1) is 0 Å². The number of hydrogen-bond donors (Lipinski definition) is 1. The van der Waals surface area contributed by atoms with Gasteiger partial charge in [-0.1, -0.05) is 38.2 Å². The molecule has 7 heteroatoms. The molecule has 2 fully saturated rings. The van der Waals surface area contributed by atoms with Crippen molar-refractivity contribution < 1.29 is 17.9 Å². The number of methoxy groups -OCH3 is 1. The number of carbonyl (C=O) groups is 1. The van der Waals surface area contributed by atoms with Crippen LogP contribution in [-0.2, 0) is 14.8 Å². The van der Waals surface area contributed by atoms with E-state index in [0.717, 1.165) is 44.9 Å². The minimum Gasteiger partial charge on any atom is -0.495 e. The summed E-state index contributed by atoms with van der Waals surface area (Å²) in [5.74, 6) is 0.198. The van der Waals surface area contributed by atoms with E-state index in [1.807, 2.05) is 0 Å². The highest BCUT2D eigenvalue weighted by molar-refractivity contribution is 7.89. The zero-order valence-corrected chi connectivity index (χ0v) is 18.0. The summed E-state index contributed by atoms with van der Waals surface area (Å²) in [5, 5.41) is 3.07. The van der Waals surface area contributed by atoms with E-state index in [1.165, 1.54) is 30.3 Å². The first kappa shape index (κ1) is 21.8. The lowest BCUT2D eigenvalue weighted by atomic mass is 10.1. The number of rotatable bonds is 6. The monoisotopic (exact) mass is 420 g/mol. The second kappa shape index (κ2) is 10.3. The third kappa shape index (κ3) is 5.82. The molecule has 2 aliphatic rings. The SMILES string of the molecule is COc1ccc(C=CC(=O)NC2CCCCCC2)cc1S(=O)(=O)N1CCCCC1. The fourth-order valence-electron chi connectivity index (χ4n) is 4.09. The van der Waals surface area contributed by atoms with Crippen molar-refractivity contribution in [3.63, 3.8) is 0 Å². The summed E-state index contributed by atoms with van der Waals surface area (Å²) in [4.78, 5) is 12.5. The van der Waals surface area contributed by atoms with Gasteiger partial charge >= 0.3 is 0 Å². The Morgan fingerprint density at radius 2 is 1.72 bits per heavy atom. The summed E-state index contributed by atoms with van der Waals surface area (Å²) in [7, 11) is -2.15. The van der Waals surface area contributed by atoms with Crippen LogP contribution in [0.15, 0.2) is 29.2 Å². The van der Waals surface area contributed by atoms with Crippen LogP contribution in [0.5, 0.6) is 5.75 Å². The number of piperidine rings is 1. The number of ether oxygens (including phenoxy) is 1. The average Bonchev–Trinajstić information content (AvgIpc) is 3.01. The maximum absolute atomic E-state index is 13.1. The summed E-state index contributed by atoms with van der Waals surface area (Å²) in [6, 6.07) is 5.25. The standard InChI is InChI=1S/C22H32N2O4S/c1-28-20-13-11-18(12-14-22(25)23-19-9-5-2-3-6-10-19)17-21(20)29(26,27)24-15-7-4-8-16-24/h11-14,17,19H,2-10,15-16H2,1H3,(H,23,25). The van der Waals surface area contributed by atoms with Gasteiger partial charge in [-0.25, -0.2) is 8.42 Å². The highest BCUT2D eigenvalue weighted by Crippen LogP contribution is 2.30. The van der Waals surface area contributed by atoms with Gasteiger partial charge in [0, 0.05) is 25.2 Å². The fourth-order valence-corrected chi connectivity index (χ4v) is 5.80. The minimum absolute atomic E-state index is 0.131. The van der Waals surface area contributed by atoms with Gasteiger partial charge in [0.15, 0.2) is 0 Å². The van der Waals surface area contributed by atoms with Crippen LogP contribution < -0.4 is 10.1 Å². The number of carbonyl (C=O) groups excluding carboxylic acids is 1. The van der Waals surface area contributed by atoms with Crippen LogP contribution in [0.2, 0.25) is 0 Å². The Hall–Kier alpha value is -1.86. The van der Waals surface area contributed by atoms with Crippen LogP contribution in [-0.4, -0.2) is 44.9 Å². The highest BCUT2D eigenvalue weighted by atomic mass is 32.2. The number of sulfonamides is 1. The van der Waals surface area contributed by atoms with Crippen molar-refractivity contribution in [1.82, 2.24) is 9.62 Å². The average molecular weight is 421 g/mol. The lowest BCUT2D eigenvalue weighted by molar-refractivity contribution is -0.117. The maximum Gasteiger partial charge on any atom is 0.246 e. The van der Waals surface area contributed by atoms with E-state index >= 15 is 0 Å². The molecule has 0 atom stereocenters. The van der Waals surface area contributed by atoms with Gasteiger partial charge in [0.2, 0.25) is 15.9 Å². The Labute approximate surface area is 174 Å². The molecule has 1 aliphatic carbocycles. The molecule has 0 radical (unpaired) electrons. The molecule has 29 heavy (non-hydrogen) atoms. The van der Waals surface area contributed by atoms with Crippen molar-refractivity contribution >= 4 is 22.0 Å². The van der Waals surface area contributed by atoms with Crippen molar-refractivity contribution in [1.29, 1.82) is 0 Å². The fraction of sp³-hybridized carbons (Fsp3) is 0.591. The molecule has 1 aliphatic heterocycles. The van der Waals surface area contributed by atoms with Gasteiger partial charge in [-0.2, -0.15) is 4.31 Å². The first-order valence-corrected chi connectivity index (χ1v) is 12.1. The molecule has 1 saturated carbocycles. The number of nitrogens with zero attached hydrogens (tertiary/aromatic N) is 1. The molecule has 0 aromatic heterocycles. The summed E-state index contributed by atoms with van der Waals surface area (Å²) in [6.45, 7) is 1.07. The smallest absolute Gasteiger partial charge is 0.246 e. The third-order valence-corrected chi connectivity index (χ3v) is 7.67. The second-order valence-corrected chi connectivity index (χ2v) is 9.81. The van der Waals surface area contributed by atoms with Crippen LogP contribution in [0.25, 0.3) is 6.08 Å². The van der Waals surface area contributed by atoms with Gasteiger partial charge in [-0.15, -0.1) is 0 Å². The van der Waals surface area contributed by atoms with Crippen LogP contribution in [0.3, 0.4) is 0 Å². The quantitative estimate of drug-likeness (QED) is 0.562. The first-order valence-electron chi connectivity index (χ1n) is 10.7. The van der Waals surface area contributed by atoms with Gasteiger partial charge in [0.1, 0.15) is 10.6 Å². The van der Waals surface area contributed by atoms with E-state index in [4.69, 9.17) is 4.74 Å². The number of nitrogens with one attached hydrogen (secondary N) is 1. The second-order valence-electron chi connectivity index (χ2n) is 7.91. The zero-order chi connectivity index (χ0) is 20.7. The van der Waals surface area contributed by atoms with Crippen molar-refractivity contribution in [3.05, 3.63) is 29.8 Å². The first-order chi connectivity index (χ1) is 14.0. The molecule has 1 amide bonds. The Kier molecular flexibility index (Phi) is 7.72. The van der Waals surface area contributed by atoms with E-state index in [1.54, 1.807) is 24.3 Å². The molecule has 0 bridgehead atoms. The number of benzene rings is 1. The molecule has 1 N–H and O–H groups in total. The predicted octanol–water partition coefficient (Wildman–Crippen LogP) is 3.72. The summed E-state index contributed by atoms with van der Waals surface area (Å²) >= 11 is 0. The Morgan fingerprint density at radius 1 is 1.07 bits per heavy atom. The Balaban J connectivity index is 1.73. The molecule has 1 aromatic carbocycles. The van der Waals surface area contributed by atoms with Gasteiger partial charge < -0.3 is 10.1 Å². The lowest BCUT2D eigenvalue weighted by Gasteiger charge is -2.26. The number of amides is 1. The summed E-state index contributed by atoms with van der Waals surface area (Å²) in [6.07, 6.45) is 12.8. The van der Waals surface area contributed by atoms with Crippen molar-refractivity contribution in [2.24, 2.45) is 0 Å². The van der Waals surface area contributed by atoms with Gasteiger partial charge in [0.05, 0.1) is 7.11 Å². The molecule has 1 saturated heterocycles. The summed E-state index contributed by atoms with van der Waals surface area (Å²) in [5.41, 5.74) is 0.664. The predicted molar refractivity (Wildman–Crippen MR) is 114 cm³/mol. The molecule has 1 heterocycles. The normalized spacial score (nSPS) is 19.8. The molecular formula is C22H32N2O4S. The molecule has 6 nitrogen and oxygen atoms in total. The van der Waals surface area contributed by atoms with E-state index in [-0.39, 0.29) is 16.8 Å². The largest absolute Gasteiger partial charge is 0.495 e. The molecule has 0 spiro atoms. The van der Waals surface area contributed by atoms with E-state index in [0.29, 0.717) is 24.4 Å². The molecule has 1 aromatic rings. The Bertz CT molecular complexity index is 821. The van der Waals surface area contributed by atoms with E-state index in [2.05, 4.69) is 5.32 Å². The topological polar surface area (TPSA) is 75.7 Å².